The molecule has 2 heterocycles. The van der Waals surface area contributed by atoms with E-state index in [4.69, 9.17) is 10.5 Å². The molecule has 0 radical (unpaired) electrons. The maximum absolute atomic E-state index is 12.1. The van der Waals surface area contributed by atoms with E-state index < -0.39 is 30.4 Å². The van der Waals surface area contributed by atoms with E-state index in [0.29, 0.717) is 17.8 Å². The number of thiophene rings is 1. The van der Waals surface area contributed by atoms with Gasteiger partial charge >= 0.3 is 5.97 Å². The summed E-state index contributed by atoms with van der Waals surface area (Å²) in [5.41, 5.74) is 5.30. The van der Waals surface area contributed by atoms with Gasteiger partial charge in [0.1, 0.15) is 6.04 Å². The molecule has 0 aromatic carbocycles. The standard InChI is InChI=1S/C16H20N2O5S/c17-16(22)11-4-1-2-8-18(11)14(20)10-23-15(21)7-6-12(19)13-5-3-9-24-13/h3,5,9,11H,1-2,4,6-8,10H2,(H2,17,22)/t11-/m0/s1. The third-order valence-electron chi connectivity index (χ3n) is 3.86. The highest BCUT2D eigenvalue weighted by molar-refractivity contribution is 7.12. The Bertz CT molecular complexity index is 614. The van der Waals surface area contributed by atoms with Gasteiger partial charge in [0, 0.05) is 13.0 Å². The molecule has 1 saturated heterocycles. The van der Waals surface area contributed by atoms with Crippen LogP contribution in [-0.2, 0) is 19.1 Å². The molecular weight excluding hydrogens is 332 g/mol. The Hall–Kier alpha value is -2.22. The van der Waals surface area contributed by atoms with Crippen molar-refractivity contribution in [2.24, 2.45) is 5.73 Å². The molecule has 0 aliphatic carbocycles. The number of carbonyl (C=O) groups is 4. The molecule has 1 aromatic rings. The first-order valence-electron chi connectivity index (χ1n) is 7.80. The quantitative estimate of drug-likeness (QED) is 0.584. The van der Waals surface area contributed by atoms with Crippen LogP contribution in [-0.4, -0.2) is 47.7 Å². The molecule has 1 aliphatic heterocycles. The number of ketones is 1. The maximum atomic E-state index is 12.1. The first-order valence-corrected chi connectivity index (χ1v) is 8.68. The summed E-state index contributed by atoms with van der Waals surface area (Å²) in [7, 11) is 0. The smallest absolute Gasteiger partial charge is 0.306 e. The molecule has 0 spiro atoms. The molecule has 7 nitrogen and oxygen atoms in total. The maximum Gasteiger partial charge on any atom is 0.306 e. The Labute approximate surface area is 143 Å². The average Bonchev–Trinajstić information content (AvgIpc) is 3.12. The second-order valence-electron chi connectivity index (χ2n) is 5.56. The van der Waals surface area contributed by atoms with Crippen LogP contribution in [0.25, 0.3) is 0 Å². The lowest BCUT2D eigenvalue weighted by Crippen LogP contribution is -2.51. The number of piperidine rings is 1. The first kappa shape index (κ1) is 18.1. The van der Waals surface area contributed by atoms with Crippen LogP contribution in [0.1, 0.15) is 41.8 Å². The zero-order valence-electron chi connectivity index (χ0n) is 13.2. The Morgan fingerprint density at radius 2 is 2.04 bits per heavy atom. The van der Waals surface area contributed by atoms with Gasteiger partial charge in [-0.2, -0.15) is 0 Å². The Morgan fingerprint density at radius 3 is 2.71 bits per heavy atom. The number of rotatable bonds is 7. The summed E-state index contributed by atoms with van der Waals surface area (Å²) in [5, 5.41) is 1.79. The van der Waals surface area contributed by atoms with Crippen LogP contribution in [0.15, 0.2) is 17.5 Å². The first-order chi connectivity index (χ1) is 11.5. The van der Waals surface area contributed by atoms with Crippen molar-refractivity contribution in [3.05, 3.63) is 22.4 Å². The van der Waals surface area contributed by atoms with Gasteiger partial charge in [0.05, 0.1) is 11.3 Å². The van der Waals surface area contributed by atoms with E-state index in [2.05, 4.69) is 0 Å². The Morgan fingerprint density at radius 1 is 1.25 bits per heavy atom. The molecule has 1 atom stereocenters. The minimum absolute atomic E-state index is 0.0428. The molecule has 2 N–H and O–H groups in total. The molecule has 24 heavy (non-hydrogen) atoms. The fourth-order valence-electron chi connectivity index (χ4n) is 2.60. The number of nitrogens with zero attached hydrogens (tertiary/aromatic N) is 1. The lowest BCUT2D eigenvalue weighted by molar-refractivity contribution is -0.154. The van der Waals surface area contributed by atoms with E-state index in [1.54, 1.807) is 17.5 Å². The number of primary amides is 1. The topological polar surface area (TPSA) is 107 Å². The number of ether oxygens (including phenoxy) is 1. The van der Waals surface area contributed by atoms with E-state index in [0.717, 1.165) is 12.8 Å². The summed E-state index contributed by atoms with van der Waals surface area (Å²) in [6.45, 7) is -0.00331. The zero-order valence-corrected chi connectivity index (χ0v) is 14.0. The molecule has 8 heteroatoms. The number of carbonyl (C=O) groups excluding carboxylic acids is 4. The normalized spacial score (nSPS) is 17.3. The highest BCUT2D eigenvalue weighted by atomic mass is 32.1. The Kier molecular flexibility index (Phi) is 6.48. The molecule has 0 saturated carbocycles. The second-order valence-corrected chi connectivity index (χ2v) is 6.51. The van der Waals surface area contributed by atoms with Gasteiger partial charge in [0.25, 0.3) is 5.91 Å². The highest BCUT2D eigenvalue weighted by Crippen LogP contribution is 2.17. The van der Waals surface area contributed by atoms with Gasteiger partial charge in [-0.05, 0) is 30.7 Å². The monoisotopic (exact) mass is 352 g/mol. The molecule has 2 amide bonds. The van der Waals surface area contributed by atoms with E-state index >= 15 is 0 Å². The van der Waals surface area contributed by atoms with Crippen LogP contribution in [0.5, 0.6) is 0 Å². The van der Waals surface area contributed by atoms with Crippen molar-refractivity contribution in [1.82, 2.24) is 4.90 Å². The minimum Gasteiger partial charge on any atom is -0.456 e. The average molecular weight is 352 g/mol. The molecule has 0 bridgehead atoms. The van der Waals surface area contributed by atoms with E-state index in [-0.39, 0.29) is 18.6 Å². The van der Waals surface area contributed by atoms with Gasteiger partial charge in [-0.25, -0.2) is 0 Å². The van der Waals surface area contributed by atoms with Crippen molar-refractivity contribution in [1.29, 1.82) is 0 Å². The minimum atomic E-state index is -0.634. The molecule has 1 aliphatic rings. The molecule has 1 aromatic heterocycles. The van der Waals surface area contributed by atoms with E-state index in [1.165, 1.54) is 16.2 Å². The number of esters is 1. The molecule has 1 fully saturated rings. The number of nitrogens with two attached hydrogens (primary N) is 1. The van der Waals surface area contributed by atoms with E-state index in [1.807, 2.05) is 0 Å². The fourth-order valence-corrected chi connectivity index (χ4v) is 3.29. The van der Waals surface area contributed by atoms with Gasteiger partial charge in [0.15, 0.2) is 12.4 Å². The van der Waals surface area contributed by atoms with Crippen LogP contribution in [0.2, 0.25) is 0 Å². The van der Waals surface area contributed by atoms with E-state index in [9.17, 15) is 19.2 Å². The molecule has 130 valence electrons. The largest absolute Gasteiger partial charge is 0.456 e. The van der Waals surface area contributed by atoms with Gasteiger partial charge in [-0.1, -0.05) is 6.07 Å². The van der Waals surface area contributed by atoms with Gasteiger partial charge in [-0.3, -0.25) is 19.2 Å². The lowest BCUT2D eigenvalue weighted by atomic mass is 10.0. The number of hydrogen-bond acceptors (Lipinski definition) is 6. The molecular formula is C16H20N2O5S. The third kappa shape index (κ3) is 4.89. The summed E-state index contributed by atoms with van der Waals surface area (Å²) < 4.78 is 4.92. The lowest BCUT2D eigenvalue weighted by Gasteiger charge is -2.33. The molecule has 0 unspecified atom stereocenters. The third-order valence-corrected chi connectivity index (χ3v) is 4.77. The highest BCUT2D eigenvalue weighted by Gasteiger charge is 2.30. The summed E-state index contributed by atoms with van der Waals surface area (Å²) in [4.78, 5) is 48.9. The SMILES string of the molecule is NC(=O)[C@@H]1CCCCN1C(=O)COC(=O)CCC(=O)c1cccs1. The number of amides is 2. The number of hydrogen-bond donors (Lipinski definition) is 1. The second kappa shape index (κ2) is 8.58. The van der Waals surface area contributed by atoms with Crippen molar-refractivity contribution in [3.63, 3.8) is 0 Å². The van der Waals surface area contributed by atoms with Crippen LogP contribution < -0.4 is 5.73 Å². The van der Waals surface area contributed by atoms with Crippen LogP contribution in [0.3, 0.4) is 0 Å². The van der Waals surface area contributed by atoms with Crippen molar-refractivity contribution >= 4 is 34.9 Å². The van der Waals surface area contributed by atoms with Gasteiger partial charge in [-0.15, -0.1) is 11.3 Å². The zero-order chi connectivity index (χ0) is 17.5. The number of Topliss-reactive ketones (excluding diaryl/α,β-unsaturated/α-hetero) is 1. The van der Waals surface area contributed by atoms with Crippen LogP contribution in [0.4, 0.5) is 0 Å². The molecule has 2 rings (SSSR count). The summed E-state index contributed by atoms with van der Waals surface area (Å²) in [6.07, 6.45) is 2.12. The van der Waals surface area contributed by atoms with Crippen molar-refractivity contribution in [2.45, 2.75) is 38.1 Å². The van der Waals surface area contributed by atoms with Gasteiger partial charge < -0.3 is 15.4 Å². The van der Waals surface area contributed by atoms with Crippen molar-refractivity contribution < 1.29 is 23.9 Å². The summed E-state index contributed by atoms with van der Waals surface area (Å²) >= 11 is 1.32. The summed E-state index contributed by atoms with van der Waals surface area (Å²) in [5.74, 6) is -1.72. The fraction of sp³-hybridized carbons (Fsp3) is 0.500. The predicted molar refractivity (Wildman–Crippen MR) is 87.4 cm³/mol. The van der Waals surface area contributed by atoms with Crippen molar-refractivity contribution in [3.8, 4) is 0 Å². The van der Waals surface area contributed by atoms with Crippen molar-refractivity contribution in [2.75, 3.05) is 13.2 Å². The Balaban J connectivity index is 1.75. The number of likely N-dealkylation sites (tertiary alicyclic amines) is 1. The van der Waals surface area contributed by atoms with Crippen LogP contribution in [0, 0.1) is 0 Å². The summed E-state index contributed by atoms with van der Waals surface area (Å²) in [6, 6.07) is 2.83. The predicted octanol–water partition coefficient (Wildman–Crippen LogP) is 1.12. The van der Waals surface area contributed by atoms with Gasteiger partial charge in [0.2, 0.25) is 5.91 Å². The van der Waals surface area contributed by atoms with Crippen LogP contribution >= 0.6 is 11.3 Å².